The van der Waals surface area contributed by atoms with E-state index in [1.54, 1.807) is 0 Å². The van der Waals surface area contributed by atoms with Gasteiger partial charge in [0, 0.05) is 23.0 Å². The lowest BCUT2D eigenvalue weighted by Gasteiger charge is -2.12. The molecule has 3 aromatic carbocycles. The molecule has 1 radical (unpaired) electrons. The summed E-state index contributed by atoms with van der Waals surface area (Å²) < 4.78 is 0. The second kappa shape index (κ2) is 4.10. The molecule has 0 amide bonds. The molecule has 17 heavy (non-hydrogen) atoms. The average Bonchev–Trinajstić information content (AvgIpc) is 2.39. The molecular weight excluding hydrogens is 206 g/mol. The van der Waals surface area contributed by atoms with Gasteiger partial charge < -0.3 is 5.32 Å². The zero-order valence-corrected chi connectivity index (χ0v) is 9.61. The van der Waals surface area contributed by atoms with Crippen LogP contribution in [0.15, 0.2) is 54.6 Å². The number of hydrogen-bond acceptors (Lipinski definition) is 1. The minimum atomic E-state index is 0.692. The molecule has 0 saturated carbocycles. The molecule has 0 unspecified atom stereocenters. The molecule has 0 spiro atoms. The molecule has 3 rings (SSSR count). The normalized spacial score (nSPS) is 10.9. The summed E-state index contributed by atoms with van der Waals surface area (Å²) in [5, 5.41) is 8.43. The predicted octanol–water partition coefficient (Wildman–Crippen LogP) is 4.24. The van der Waals surface area contributed by atoms with Gasteiger partial charge in [0.2, 0.25) is 0 Å². The van der Waals surface area contributed by atoms with Gasteiger partial charge in [-0.25, -0.2) is 0 Å². The van der Waals surface area contributed by atoms with Crippen molar-refractivity contribution in [1.29, 1.82) is 0 Å². The van der Waals surface area contributed by atoms with Gasteiger partial charge in [-0.15, -0.1) is 0 Å². The van der Waals surface area contributed by atoms with Crippen LogP contribution in [-0.4, -0.2) is 6.54 Å². The van der Waals surface area contributed by atoms with Gasteiger partial charge in [-0.2, -0.15) is 0 Å². The molecule has 0 aliphatic heterocycles. The third-order valence-corrected chi connectivity index (χ3v) is 3.07. The molecule has 83 valence electrons. The van der Waals surface area contributed by atoms with Crippen molar-refractivity contribution in [2.75, 3.05) is 11.9 Å². The first-order valence-corrected chi connectivity index (χ1v) is 5.84. The highest BCUT2D eigenvalue weighted by molar-refractivity contribution is 6.10. The van der Waals surface area contributed by atoms with Crippen LogP contribution in [0.25, 0.3) is 21.5 Å². The van der Waals surface area contributed by atoms with Crippen LogP contribution in [0.5, 0.6) is 0 Å². The van der Waals surface area contributed by atoms with E-state index in [0.717, 1.165) is 0 Å². The lowest BCUT2D eigenvalue weighted by Crippen LogP contribution is -1.98. The topological polar surface area (TPSA) is 12.0 Å². The van der Waals surface area contributed by atoms with Gasteiger partial charge in [-0.05, 0) is 23.8 Å². The maximum absolute atomic E-state index is 3.88. The van der Waals surface area contributed by atoms with Crippen LogP contribution in [0.2, 0.25) is 0 Å². The van der Waals surface area contributed by atoms with E-state index in [2.05, 4.69) is 66.8 Å². The number of hydrogen-bond donors (Lipinski definition) is 1. The van der Waals surface area contributed by atoms with E-state index in [1.165, 1.54) is 27.2 Å². The summed E-state index contributed by atoms with van der Waals surface area (Å²) in [6, 6.07) is 19.1. The molecule has 1 heteroatoms. The highest BCUT2D eigenvalue weighted by Crippen LogP contribution is 2.32. The van der Waals surface area contributed by atoms with Gasteiger partial charge in [0.1, 0.15) is 0 Å². The van der Waals surface area contributed by atoms with Crippen LogP contribution in [0, 0.1) is 6.92 Å². The molecule has 0 saturated heterocycles. The van der Waals surface area contributed by atoms with E-state index < -0.39 is 0 Å². The molecule has 0 aliphatic carbocycles. The van der Waals surface area contributed by atoms with Gasteiger partial charge >= 0.3 is 0 Å². The average molecular weight is 220 g/mol. The molecule has 0 aromatic heterocycles. The molecule has 0 bridgehead atoms. The molecule has 0 heterocycles. The van der Waals surface area contributed by atoms with Crippen LogP contribution >= 0.6 is 0 Å². The first kappa shape index (κ1) is 10.2. The Balaban J connectivity index is 2.47. The quantitative estimate of drug-likeness (QED) is 0.637. The monoisotopic (exact) mass is 220 g/mol. The van der Waals surface area contributed by atoms with E-state index in [-0.39, 0.29) is 0 Å². The molecule has 0 aliphatic rings. The Kier molecular flexibility index (Phi) is 2.45. The zero-order chi connectivity index (χ0) is 11.7. The summed E-state index contributed by atoms with van der Waals surface area (Å²) in [5.74, 6) is 0. The number of nitrogens with one attached hydrogen (secondary N) is 1. The first-order chi connectivity index (χ1) is 8.40. The van der Waals surface area contributed by atoms with E-state index in [0.29, 0.717) is 6.54 Å². The van der Waals surface area contributed by atoms with Crippen molar-refractivity contribution in [3.05, 3.63) is 61.5 Å². The summed E-state index contributed by atoms with van der Waals surface area (Å²) in [4.78, 5) is 0. The Morgan fingerprint density at radius 3 is 1.88 bits per heavy atom. The maximum atomic E-state index is 3.88. The third kappa shape index (κ3) is 1.64. The number of benzene rings is 3. The molecule has 0 fully saturated rings. The minimum Gasteiger partial charge on any atom is -0.384 e. The van der Waals surface area contributed by atoms with Crippen molar-refractivity contribution < 1.29 is 0 Å². The van der Waals surface area contributed by atoms with Crippen molar-refractivity contribution in [1.82, 2.24) is 0 Å². The highest BCUT2D eigenvalue weighted by Gasteiger charge is 2.05. The Hall–Kier alpha value is -2.02. The van der Waals surface area contributed by atoms with E-state index in [9.17, 15) is 0 Å². The van der Waals surface area contributed by atoms with Crippen molar-refractivity contribution >= 4 is 27.2 Å². The first-order valence-electron chi connectivity index (χ1n) is 5.84. The van der Waals surface area contributed by atoms with Gasteiger partial charge in [0.25, 0.3) is 0 Å². The summed E-state index contributed by atoms with van der Waals surface area (Å²) in [6.45, 7) is 4.58. The Morgan fingerprint density at radius 1 is 0.824 bits per heavy atom. The second-order valence-corrected chi connectivity index (χ2v) is 4.12. The molecule has 1 N–H and O–H groups in total. The van der Waals surface area contributed by atoms with Gasteiger partial charge in [-0.1, -0.05) is 48.5 Å². The lowest BCUT2D eigenvalue weighted by atomic mass is 10.0. The predicted molar refractivity (Wildman–Crippen MR) is 75.3 cm³/mol. The fraction of sp³-hybridized carbons (Fsp3) is 0.0625. The van der Waals surface area contributed by atoms with Crippen molar-refractivity contribution in [2.45, 2.75) is 0 Å². The van der Waals surface area contributed by atoms with E-state index in [1.807, 2.05) is 0 Å². The molecule has 3 aromatic rings. The van der Waals surface area contributed by atoms with E-state index in [4.69, 9.17) is 0 Å². The molecule has 0 atom stereocenters. The van der Waals surface area contributed by atoms with Crippen LogP contribution in [0.3, 0.4) is 0 Å². The van der Waals surface area contributed by atoms with Crippen LogP contribution in [0.1, 0.15) is 0 Å². The Morgan fingerprint density at radius 2 is 1.35 bits per heavy atom. The number of rotatable bonds is 2. The van der Waals surface area contributed by atoms with Gasteiger partial charge in [-0.3, -0.25) is 0 Å². The minimum absolute atomic E-state index is 0.692. The van der Waals surface area contributed by atoms with Gasteiger partial charge in [0.05, 0.1) is 0 Å². The van der Waals surface area contributed by atoms with Crippen molar-refractivity contribution in [3.8, 4) is 0 Å². The summed E-state index contributed by atoms with van der Waals surface area (Å²) in [6.07, 6.45) is 0. The summed E-state index contributed by atoms with van der Waals surface area (Å²) in [7, 11) is 0. The van der Waals surface area contributed by atoms with Crippen LogP contribution < -0.4 is 5.32 Å². The second-order valence-electron chi connectivity index (χ2n) is 4.12. The van der Waals surface area contributed by atoms with Crippen LogP contribution in [0.4, 0.5) is 5.69 Å². The lowest BCUT2D eigenvalue weighted by molar-refractivity contribution is 1.36. The maximum Gasteiger partial charge on any atom is 0.0499 e. The molecular formula is C16H14N. The fourth-order valence-electron chi connectivity index (χ4n) is 2.33. The van der Waals surface area contributed by atoms with Crippen molar-refractivity contribution in [3.63, 3.8) is 0 Å². The summed E-state index contributed by atoms with van der Waals surface area (Å²) in [5.41, 5.74) is 1.19. The SMILES string of the molecule is [CH2]CNc1c2ccccc2cc2ccccc12. The van der Waals surface area contributed by atoms with Crippen molar-refractivity contribution in [2.24, 2.45) is 0 Å². The molecule has 1 nitrogen and oxygen atoms in total. The smallest absolute Gasteiger partial charge is 0.0499 e. The van der Waals surface area contributed by atoms with Crippen LogP contribution in [-0.2, 0) is 0 Å². The number of anilines is 1. The third-order valence-electron chi connectivity index (χ3n) is 3.07. The standard InChI is InChI=1S/C16H14N/c1-2-17-16-14-9-5-3-7-12(14)11-13-8-4-6-10-15(13)16/h3-11,17H,1-2H2. The van der Waals surface area contributed by atoms with E-state index >= 15 is 0 Å². The fourth-order valence-corrected chi connectivity index (χ4v) is 2.33. The zero-order valence-electron chi connectivity index (χ0n) is 9.61. The Bertz CT molecular complexity index is 616. The van der Waals surface area contributed by atoms with Gasteiger partial charge in [0.15, 0.2) is 0 Å². The Labute approximate surface area is 101 Å². The largest absolute Gasteiger partial charge is 0.384 e. The highest BCUT2D eigenvalue weighted by atomic mass is 14.9. The number of fused-ring (bicyclic) bond motifs is 2. The summed E-state index contributed by atoms with van der Waals surface area (Å²) >= 11 is 0.